The number of carbonyl (C=O) groups excluding carboxylic acids is 1. The standard InChI is InChI=1S/C11H9ClFNO/c1-8(15)14-6-2-3-9-4-5-10(12)7-11(9)13/h4-5,7H,6H2,1H3,(H,14,15). The van der Waals surface area contributed by atoms with Gasteiger partial charge in [0.25, 0.3) is 0 Å². The lowest BCUT2D eigenvalue weighted by Gasteiger charge is -1.95. The number of hydrogen-bond acceptors (Lipinski definition) is 1. The Hall–Kier alpha value is -1.53. The predicted molar refractivity (Wildman–Crippen MR) is 57.0 cm³/mol. The van der Waals surface area contributed by atoms with E-state index in [0.29, 0.717) is 5.02 Å². The van der Waals surface area contributed by atoms with Gasteiger partial charge in [-0.15, -0.1) is 0 Å². The molecule has 0 bridgehead atoms. The number of amides is 1. The molecule has 1 amide bonds. The molecule has 0 atom stereocenters. The van der Waals surface area contributed by atoms with Crippen LogP contribution in [0.3, 0.4) is 0 Å². The molecule has 1 aromatic rings. The summed E-state index contributed by atoms with van der Waals surface area (Å²) in [5.74, 6) is 4.60. The maximum atomic E-state index is 13.2. The Morgan fingerprint density at radius 1 is 1.60 bits per heavy atom. The number of benzene rings is 1. The fourth-order valence-corrected chi connectivity index (χ4v) is 1.06. The zero-order valence-corrected chi connectivity index (χ0v) is 8.86. The van der Waals surface area contributed by atoms with Gasteiger partial charge in [0.15, 0.2) is 0 Å². The van der Waals surface area contributed by atoms with E-state index in [-0.39, 0.29) is 18.0 Å². The minimum atomic E-state index is -0.460. The lowest BCUT2D eigenvalue weighted by molar-refractivity contribution is -0.118. The molecular formula is C11H9ClFNO. The second-order valence-electron chi connectivity index (χ2n) is 2.84. The quantitative estimate of drug-likeness (QED) is 0.728. The van der Waals surface area contributed by atoms with Crippen LogP contribution in [0.1, 0.15) is 12.5 Å². The number of nitrogens with one attached hydrogen (secondary N) is 1. The van der Waals surface area contributed by atoms with E-state index in [1.165, 1.54) is 19.1 Å². The van der Waals surface area contributed by atoms with E-state index in [1.807, 2.05) is 0 Å². The van der Waals surface area contributed by atoms with Crippen molar-refractivity contribution < 1.29 is 9.18 Å². The Morgan fingerprint density at radius 3 is 2.93 bits per heavy atom. The van der Waals surface area contributed by atoms with E-state index >= 15 is 0 Å². The first-order valence-electron chi connectivity index (χ1n) is 4.28. The van der Waals surface area contributed by atoms with E-state index in [1.54, 1.807) is 6.07 Å². The van der Waals surface area contributed by atoms with Crippen molar-refractivity contribution in [2.45, 2.75) is 6.92 Å². The van der Waals surface area contributed by atoms with Gasteiger partial charge in [0.2, 0.25) is 5.91 Å². The summed E-state index contributed by atoms with van der Waals surface area (Å²) in [6.45, 7) is 1.60. The number of rotatable bonds is 1. The fraction of sp³-hybridized carbons (Fsp3) is 0.182. The van der Waals surface area contributed by atoms with Crippen molar-refractivity contribution in [3.05, 3.63) is 34.6 Å². The van der Waals surface area contributed by atoms with Crippen molar-refractivity contribution in [3.8, 4) is 11.8 Å². The van der Waals surface area contributed by atoms with Crippen LogP contribution in [-0.4, -0.2) is 12.5 Å². The third-order valence-corrected chi connectivity index (χ3v) is 1.82. The summed E-state index contributed by atoms with van der Waals surface area (Å²) < 4.78 is 13.2. The predicted octanol–water partition coefficient (Wildman–Crippen LogP) is 1.97. The van der Waals surface area contributed by atoms with Gasteiger partial charge in [-0.25, -0.2) is 4.39 Å². The first kappa shape index (κ1) is 11.5. The molecule has 0 aliphatic heterocycles. The fourth-order valence-electron chi connectivity index (χ4n) is 0.899. The van der Waals surface area contributed by atoms with Gasteiger partial charge in [0, 0.05) is 11.9 Å². The largest absolute Gasteiger partial charge is 0.345 e. The SMILES string of the molecule is CC(=O)NCC#Cc1ccc(Cl)cc1F. The van der Waals surface area contributed by atoms with Crippen molar-refractivity contribution in [1.29, 1.82) is 0 Å². The van der Waals surface area contributed by atoms with Crippen LogP contribution in [-0.2, 0) is 4.79 Å². The molecule has 1 rings (SSSR count). The summed E-state index contributed by atoms with van der Waals surface area (Å²) in [5, 5.41) is 2.82. The molecule has 1 aromatic carbocycles. The Bertz CT molecular complexity index is 434. The summed E-state index contributed by atoms with van der Waals surface area (Å²) in [6.07, 6.45) is 0. The Labute approximate surface area is 92.4 Å². The Kier molecular flexibility index (Phi) is 4.14. The second kappa shape index (κ2) is 5.38. The topological polar surface area (TPSA) is 29.1 Å². The van der Waals surface area contributed by atoms with E-state index in [9.17, 15) is 9.18 Å². The highest BCUT2D eigenvalue weighted by atomic mass is 35.5. The van der Waals surface area contributed by atoms with Gasteiger partial charge in [-0.1, -0.05) is 23.4 Å². The molecular weight excluding hydrogens is 217 g/mol. The highest BCUT2D eigenvalue weighted by Gasteiger charge is 1.98. The molecule has 1 N–H and O–H groups in total. The summed E-state index contributed by atoms with van der Waals surface area (Å²) in [6, 6.07) is 4.26. The van der Waals surface area contributed by atoms with E-state index in [4.69, 9.17) is 11.6 Å². The van der Waals surface area contributed by atoms with Crippen molar-refractivity contribution >= 4 is 17.5 Å². The van der Waals surface area contributed by atoms with Gasteiger partial charge < -0.3 is 5.32 Å². The van der Waals surface area contributed by atoms with Gasteiger partial charge in [0.05, 0.1) is 12.1 Å². The second-order valence-corrected chi connectivity index (χ2v) is 3.27. The molecule has 0 saturated heterocycles. The number of hydrogen-bond donors (Lipinski definition) is 1. The molecule has 2 nitrogen and oxygen atoms in total. The van der Waals surface area contributed by atoms with Gasteiger partial charge in [-0.3, -0.25) is 4.79 Å². The van der Waals surface area contributed by atoms with Gasteiger partial charge in [0.1, 0.15) is 5.82 Å². The molecule has 0 aliphatic rings. The van der Waals surface area contributed by atoms with Crippen LogP contribution in [0.4, 0.5) is 4.39 Å². The number of carbonyl (C=O) groups is 1. The van der Waals surface area contributed by atoms with Crippen LogP contribution >= 0.6 is 11.6 Å². The average molecular weight is 226 g/mol. The molecule has 0 aromatic heterocycles. The molecule has 0 spiro atoms. The van der Waals surface area contributed by atoms with Gasteiger partial charge in [-0.2, -0.15) is 0 Å². The van der Waals surface area contributed by atoms with Crippen molar-refractivity contribution in [3.63, 3.8) is 0 Å². The first-order chi connectivity index (χ1) is 7.09. The Balaban J connectivity index is 2.67. The maximum absolute atomic E-state index is 13.2. The van der Waals surface area contributed by atoms with Crippen LogP contribution in [0.25, 0.3) is 0 Å². The molecule has 0 radical (unpaired) electrons. The molecule has 0 unspecified atom stereocenters. The molecule has 4 heteroatoms. The average Bonchev–Trinajstić information content (AvgIpc) is 2.14. The van der Waals surface area contributed by atoms with E-state index in [2.05, 4.69) is 17.2 Å². The molecule has 0 heterocycles. The number of halogens is 2. The van der Waals surface area contributed by atoms with Crippen LogP contribution in [0, 0.1) is 17.7 Å². The normalized spacial score (nSPS) is 9.00. The molecule has 0 aliphatic carbocycles. The summed E-state index contributed by atoms with van der Waals surface area (Å²) in [4.78, 5) is 10.5. The molecule has 0 saturated carbocycles. The van der Waals surface area contributed by atoms with Crippen molar-refractivity contribution in [2.24, 2.45) is 0 Å². The third-order valence-electron chi connectivity index (χ3n) is 1.58. The highest BCUT2D eigenvalue weighted by Crippen LogP contribution is 2.13. The minimum absolute atomic E-state index is 0.166. The first-order valence-corrected chi connectivity index (χ1v) is 4.66. The van der Waals surface area contributed by atoms with Crippen molar-refractivity contribution in [2.75, 3.05) is 6.54 Å². The highest BCUT2D eigenvalue weighted by molar-refractivity contribution is 6.30. The van der Waals surface area contributed by atoms with Crippen LogP contribution in [0.2, 0.25) is 5.02 Å². The van der Waals surface area contributed by atoms with Crippen molar-refractivity contribution in [1.82, 2.24) is 5.32 Å². The van der Waals surface area contributed by atoms with Gasteiger partial charge >= 0.3 is 0 Å². The van der Waals surface area contributed by atoms with Gasteiger partial charge in [-0.05, 0) is 18.2 Å². The summed E-state index contributed by atoms with van der Waals surface area (Å²) >= 11 is 5.57. The minimum Gasteiger partial charge on any atom is -0.345 e. The van der Waals surface area contributed by atoms with Crippen LogP contribution in [0.5, 0.6) is 0 Å². The Morgan fingerprint density at radius 2 is 2.33 bits per heavy atom. The molecule has 15 heavy (non-hydrogen) atoms. The molecule has 0 fully saturated rings. The molecule has 78 valence electrons. The monoisotopic (exact) mass is 225 g/mol. The van der Waals surface area contributed by atoms with E-state index in [0.717, 1.165) is 0 Å². The zero-order chi connectivity index (χ0) is 11.3. The van der Waals surface area contributed by atoms with Crippen LogP contribution < -0.4 is 5.32 Å². The zero-order valence-electron chi connectivity index (χ0n) is 8.10. The lowest BCUT2D eigenvalue weighted by Crippen LogP contribution is -2.19. The van der Waals surface area contributed by atoms with Crippen LogP contribution in [0.15, 0.2) is 18.2 Å². The summed E-state index contributed by atoms with van der Waals surface area (Å²) in [5.41, 5.74) is 0.268. The lowest BCUT2D eigenvalue weighted by atomic mass is 10.2. The third kappa shape index (κ3) is 4.01. The smallest absolute Gasteiger partial charge is 0.217 e. The maximum Gasteiger partial charge on any atom is 0.217 e. The summed E-state index contributed by atoms with van der Waals surface area (Å²) in [7, 11) is 0. The van der Waals surface area contributed by atoms with E-state index < -0.39 is 5.82 Å².